The van der Waals surface area contributed by atoms with E-state index in [0.29, 0.717) is 10.7 Å². The summed E-state index contributed by atoms with van der Waals surface area (Å²) in [7, 11) is -3.72. The summed E-state index contributed by atoms with van der Waals surface area (Å²) in [4.78, 5) is 12.6. The highest BCUT2D eigenvalue weighted by atomic mass is 35.5. The molecule has 0 heterocycles. The van der Waals surface area contributed by atoms with Crippen LogP contribution in [0.2, 0.25) is 15.1 Å². The molecule has 0 aliphatic heterocycles. The molecule has 0 saturated heterocycles. The molecular weight excluding hydrogens is 407 g/mol. The fraction of sp³-hybridized carbons (Fsp3) is 0.188. The standard InChI is InChI=1S/C16H15Cl3N2O3S/c1-10(16(22)20-15-13(18)4-3-5-14(15)19)21(25(2,23)24)12-8-6-11(17)7-9-12/h3-10H,1-2H3,(H,20,22)/t10-/m0/s1. The van der Waals surface area contributed by atoms with Crippen molar-refractivity contribution in [2.24, 2.45) is 0 Å². The van der Waals surface area contributed by atoms with Crippen LogP contribution in [-0.4, -0.2) is 26.6 Å². The number of halogens is 3. The molecule has 0 bridgehead atoms. The summed E-state index contributed by atoms with van der Waals surface area (Å²) < 4.78 is 25.4. The van der Waals surface area contributed by atoms with Gasteiger partial charge in [0, 0.05) is 5.02 Å². The van der Waals surface area contributed by atoms with E-state index >= 15 is 0 Å². The molecule has 0 aliphatic rings. The van der Waals surface area contributed by atoms with Gasteiger partial charge >= 0.3 is 0 Å². The molecule has 0 spiro atoms. The Balaban J connectivity index is 2.35. The molecule has 0 radical (unpaired) electrons. The number of anilines is 2. The molecule has 25 heavy (non-hydrogen) atoms. The van der Waals surface area contributed by atoms with Crippen LogP contribution in [0.5, 0.6) is 0 Å². The lowest BCUT2D eigenvalue weighted by atomic mass is 10.2. The van der Waals surface area contributed by atoms with Gasteiger partial charge in [0.15, 0.2) is 0 Å². The largest absolute Gasteiger partial charge is 0.322 e. The number of rotatable bonds is 5. The summed E-state index contributed by atoms with van der Waals surface area (Å²) in [6.45, 7) is 1.47. The Morgan fingerprint density at radius 3 is 2.04 bits per heavy atom. The van der Waals surface area contributed by atoms with Crippen LogP contribution in [0.3, 0.4) is 0 Å². The Bertz CT molecular complexity index is 866. The highest BCUT2D eigenvalue weighted by Crippen LogP contribution is 2.30. The van der Waals surface area contributed by atoms with Crippen molar-refractivity contribution in [2.75, 3.05) is 15.9 Å². The fourth-order valence-corrected chi connectivity index (χ4v) is 4.03. The molecule has 134 valence electrons. The first-order valence-electron chi connectivity index (χ1n) is 7.11. The Hall–Kier alpha value is -1.47. The third-order valence-corrected chi connectivity index (χ3v) is 5.50. The third kappa shape index (κ3) is 4.79. The average Bonchev–Trinajstić information content (AvgIpc) is 2.51. The normalized spacial score (nSPS) is 12.5. The molecule has 2 rings (SSSR count). The highest BCUT2D eigenvalue weighted by Gasteiger charge is 2.29. The first-order valence-corrected chi connectivity index (χ1v) is 10.1. The Morgan fingerprint density at radius 2 is 1.56 bits per heavy atom. The van der Waals surface area contributed by atoms with Crippen molar-refractivity contribution in [3.63, 3.8) is 0 Å². The number of carbonyl (C=O) groups is 1. The first-order chi connectivity index (χ1) is 11.6. The minimum absolute atomic E-state index is 0.229. The average molecular weight is 422 g/mol. The van der Waals surface area contributed by atoms with E-state index < -0.39 is 22.0 Å². The summed E-state index contributed by atoms with van der Waals surface area (Å²) in [6.07, 6.45) is 1.02. The van der Waals surface area contributed by atoms with Crippen molar-refractivity contribution in [3.8, 4) is 0 Å². The smallest absolute Gasteiger partial charge is 0.248 e. The zero-order valence-corrected chi connectivity index (χ0v) is 16.4. The predicted octanol–water partition coefficient (Wildman–Crippen LogP) is 4.44. The summed E-state index contributed by atoms with van der Waals surface area (Å²) in [5.74, 6) is -0.574. The number of nitrogens with one attached hydrogen (secondary N) is 1. The number of hydrogen-bond acceptors (Lipinski definition) is 3. The summed E-state index contributed by atoms with van der Waals surface area (Å²) in [6, 6.07) is 9.88. The lowest BCUT2D eigenvalue weighted by molar-refractivity contribution is -0.116. The molecule has 5 nitrogen and oxygen atoms in total. The Morgan fingerprint density at radius 1 is 1.04 bits per heavy atom. The van der Waals surface area contributed by atoms with E-state index in [1.807, 2.05) is 0 Å². The molecule has 0 saturated carbocycles. The Kier molecular flexibility index (Phi) is 6.21. The molecule has 9 heteroatoms. The molecule has 0 fully saturated rings. The minimum Gasteiger partial charge on any atom is -0.322 e. The van der Waals surface area contributed by atoms with Crippen LogP contribution < -0.4 is 9.62 Å². The van der Waals surface area contributed by atoms with Crippen molar-refractivity contribution in [3.05, 3.63) is 57.5 Å². The monoisotopic (exact) mass is 420 g/mol. The van der Waals surface area contributed by atoms with Gasteiger partial charge in [0.1, 0.15) is 6.04 Å². The summed E-state index contributed by atoms with van der Waals surface area (Å²) >= 11 is 17.9. The van der Waals surface area contributed by atoms with Crippen molar-refractivity contribution in [1.29, 1.82) is 0 Å². The van der Waals surface area contributed by atoms with E-state index in [2.05, 4.69) is 5.32 Å². The minimum atomic E-state index is -3.72. The zero-order chi connectivity index (χ0) is 18.8. The third-order valence-electron chi connectivity index (χ3n) is 3.38. The molecule has 0 aromatic heterocycles. The van der Waals surface area contributed by atoms with Gasteiger partial charge in [-0.3, -0.25) is 9.10 Å². The second-order valence-electron chi connectivity index (χ2n) is 5.30. The first kappa shape index (κ1) is 19.8. The van der Waals surface area contributed by atoms with Crippen LogP contribution in [0, 0.1) is 0 Å². The van der Waals surface area contributed by atoms with E-state index in [9.17, 15) is 13.2 Å². The quantitative estimate of drug-likeness (QED) is 0.776. The van der Waals surface area contributed by atoms with Gasteiger partial charge < -0.3 is 5.32 Å². The lowest BCUT2D eigenvalue weighted by Crippen LogP contribution is -2.45. The maximum atomic E-state index is 12.6. The van der Waals surface area contributed by atoms with Gasteiger partial charge in [-0.15, -0.1) is 0 Å². The van der Waals surface area contributed by atoms with Crippen molar-refractivity contribution in [2.45, 2.75) is 13.0 Å². The molecule has 1 N–H and O–H groups in total. The lowest BCUT2D eigenvalue weighted by Gasteiger charge is -2.28. The van der Waals surface area contributed by atoms with E-state index in [1.165, 1.54) is 19.1 Å². The number of benzene rings is 2. The van der Waals surface area contributed by atoms with Crippen LogP contribution in [-0.2, 0) is 14.8 Å². The van der Waals surface area contributed by atoms with Crippen molar-refractivity contribution >= 4 is 62.1 Å². The van der Waals surface area contributed by atoms with Gasteiger partial charge in [0.25, 0.3) is 0 Å². The highest BCUT2D eigenvalue weighted by molar-refractivity contribution is 7.92. The maximum Gasteiger partial charge on any atom is 0.248 e. The summed E-state index contributed by atoms with van der Waals surface area (Å²) in [5.41, 5.74) is 0.548. The number of sulfonamides is 1. The zero-order valence-electron chi connectivity index (χ0n) is 13.3. The Labute approximate surface area is 161 Å². The number of para-hydroxylation sites is 1. The molecule has 1 atom stereocenters. The van der Waals surface area contributed by atoms with Gasteiger partial charge in [-0.2, -0.15) is 0 Å². The molecule has 0 aliphatic carbocycles. The molecular formula is C16H15Cl3N2O3S. The van der Waals surface area contributed by atoms with E-state index in [1.54, 1.807) is 30.3 Å². The number of amides is 1. The van der Waals surface area contributed by atoms with Crippen LogP contribution in [0.15, 0.2) is 42.5 Å². The molecule has 2 aromatic carbocycles. The predicted molar refractivity (Wildman–Crippen MR) is 103 cm³/mol. The van der Waals surface area contributed by atoms with Crippen LogP contribution in [0.4, 0.5) is 11.4 Å². The van der Waals surface area contributed by atoms with Gasteiger partial charge in [-0.1, -0.05) is 40.9 Å². The van der Waals surface area contributed by atoms with Crippen LogP contribution in [0.25, 0.3) is 0 Å². The van der Waals surface area contributed by atoms with E-state index in [-0.39, 0.29) is 15.7 Å². The van der Waals surface area contributed by atoms with Gasteiger partial charge in [-0.05, 0) is 43.3 Å². The van der Waals surface area contributed by atoms with Crippen LogP contribution >= 0.6 is 34.8 Å². The number of carbonyl (C=O) groups excluding carboxylic acids is 1. The SMILES string of the molecule is C[C@@H](C(=O)Nc1c(Cl)cccc1Cl)N(c1ccc(Cl)cc1)S(C)(=O)=O. The van der Waals surface area contributed by atoms with Crippen LogP contribution in [0.1, 0.15) is 6.92 Å². The van der Waals surface area contributed by atoms with E-state index in [0.717, 1.165) is 10.6 Å². The van der Waals surface area contributed by atoms with Crippen molar-refractivity contribution < 1.29 is 13.2 Å². The van der Waals surface area contributed by atoms with E-state index in [4.69, 9.17) is 34.8 Å². The van der Waals surface area contributed by atoms with Gasteiger partial charge in [0.05, 0.1) is 27.7 Å². The van der Waals surface area contributed by atoms with Gasteiger partial charge in [0.2, 0.25) is 15.9 Å². The second kappa shape index (κ2) is 7.83. The van der Waals surface area contributed by atoms with Gasteiger partial charge in [-0.25, -0.2) is 8.42 Å². The topological polar surface area (TPSA) is 66.5 Å². The molecule has 1 amide bonds. The fourth-order valence-electron chi connectivity index (χ4n) is 2.24. The number of nitrogens with zero attached hydrogens (tertiary/aromatic N) is 1. The van der Waals surface area contributed by atoms with Crippen molar-refractivity contribution in [1.82, 2.24) is 0 Å². The molecule has 0 unspecified atom stereocenters. The molecule has 2 aromatic rings. The number of hydrogen-bond donors (Lipinski definition) is 1. The second-order valence-corrected chi connectivity index (χ2v) is 8.41. The maximum absolute atomic E-state index is 12.6. The summed E-state index contributed by atoms with van der Waals surface area (Å²) in [5, 5.41) is 3.54.